The van der Waals surface area contributed by atoms with Crippen molar-refractivity contribution in [1.29, 1.82) is 0 Å². The summed E-state index contributed by atoms with van der Waals surface area (Å²) in [6, 6.07) is 30.7. The molecular formula is C24H20N2O2. The second-order valence-corrected chi connectivity index (χ2v) is 6.44. The third-order valence-corrected chi connectivity index (χ3v) is 4.47. The Morgan fingerprint density at radius 2 is 1.50 bits per heavy atom. The molecule has 1 heterocycles. The molecular weight excluding hydrogens is 348 g/mol. The van der Waals surface area contributed by atoms with Crippen LogP contribution in [0.1, 0.15) is 17.3 Å². The van der Waals surface area contributed by atoms with Gasteiger partial charge in [-0.3, -0.25) is 9.78 Å². The number of fused-ring (bicyclic) bond motifs is 1. The number of pyridine rings is 1. The van der Waals surface area contributed by atoms with Crippen LogP contribution in [0.25, 0.3) is 10.9 Å². The maximum absolute atomic E-state index is 12.6. The first-order valence-electron chi connectivity index (χ1n) is 9.17. The van der Waals surface area contributed by atoms with Gasteiger partial charge in [0.05, 0.1) is 17.3 Å². The Kier molecular flexibility index (Phi) is 5.29. The van der Waals surface area contributed by atoms with Gasteiger partial charge in [-0.25, -0.2) is 0 Å². The SMILES string of the molecule is O=C(COc1ccccc1)NC(c1ccccc1)c1ccc2ccccc2n1. The van der Waals surface area contributed by atoms with Gasteiger partial charge in [-0.05, 0) is 29.8 Å². The second kappa shape index (κ2) is 8.35. The summed E-state index contributed by atoms with van der Waals surface area (Å²) in [5, 5.41) is 4.12. The first kappa shape index (κ1) is 17.7. The van der Waals surface area contributed by atoms with Gasteiger partial charge in [0.15, 0.2) is 6.61 Å². The highest BCUT2D eigenvalue weighted by molar-refractivity contribution is 5.80. The van der Waals surface area contributed by atoms with Gasteiger partial charge in [-0.2, -0.15) is 0 Å². The molecule has 3 aromatic carbocycles. The molecule has 0 aliphatic carbocycles. The molecule has 0 saturated carbocycles. The van der Waals surface area contributed by atoms with Crippen LogP contribution < -0.4 is 10.1 Å². The van der Waals surface area contributed by atoms with Gasteiger partial charge >= 0.3 is 0 Å². The Bertz CT molecular complexity index is 1070. The smallest absolute Gasteiger partial charge is 0.258 e. The van der Waals surface area contributed by atoms with E-state index in [2.05, 4.69) is 5.32 Å². The van der Waals surface area contributed by atoms with Crippen molar-refractivity contribution >= 4 is 16.8 Å². The Labute approximate surface area is 163 Å². The summed E-state index contributed by atoms with van der Waals surface area (Å²) in [7, 11) is 0. The highest BCUT2D eigenvalue weighted by Crippen LogP contribution is 2.23. The average Bonchev–Trinajstić information content (AvgIpc) is 2.77. The van der Waals surface area contributed by atoms with Crippen LogP contribution in [-0.2, 0) is 4.79 Å². The first-order valence-corrected chi connectivity index (χ1v) is 9.17. The Hall–Kier alpha value is -3.66. The van der Waals surface area contributed by atoms with Gasteiger partial charge < -0.3 is 10.1 Å². The van der Waals surface area contributed by atoms with Crippen LogP contribution in [0.2, 0.25) is 0 Å². The zero-order chi connectivity index (χ0) is 19.2. The summed E-state index contributed by atoms with van der Waals surface area (Å²) in [6.45, 7) is -0.0546. The molecule has 4 rings (SSSR count). The zero-order valence-corrected chi connectivity index (χ0v) is 15.3. The number of aromatic nitrogens is 1. The van der Waals surface area contributed by atoms with Crippen molar-refractivity contribution in [2.24, 2.45) is 0 Å². The maximum Gasteiger partial charge on any atom is 0.258 e. The number of hydrogen-bond acceptors (Lipinski definition) is 3. The normalized spacial score (nSPS) is 11.7. The maximum atomic E-state index is 12.6. The van der Waals surface area contributed by atoms with Gasteiger partial charge in [-0.15, -0.1) is 0 Å². The van der Waals surface area contributed by atoms with E-state index in [4.69, 9.17) is 9.72 Å². The summed E-state index contributed by atoms with van der Waals surface area (Å²) >= 11 is 0. The minimum Gasteiger partial charge on any atom is -0.484 e. The predicted octanol–water partition coefficient (Wildman–Crippen LogP) is 4.52. The lowest BCUT2D eigenvalue weighted by molar-refractivity contribution is -0.123. The number of carbonyl (C=O) groups is 1. The summed E-state index contributed by atoms with van der Waals surface area (Å²) in [6.07, 6.45) is 0. The Morgan fingerprint density at radius 3 is 2.29 bits per heavy atom. The molecule has 138 valence electrons. The molecule has 4 aromatic rings. The molecule has 1 atom stereocenters. The number of ether oxygens (including phenoxy) is 1. The summed E-state index contributed by atoms with van der Waals surface area (Å²) in [5.41, 5.74) is 2.66. The van der Waals surface area contributed by atoms with E-state index < -0.39 is 0 Å². The number of nitrogens with one attached hydrogen (secondary N) is 1. The lowest BCUT2D eigenvalue weighted by Crippen LogP contribution is -2.33. The summed E-state index contributed by atoms with van der Waals surface area (Å²) in [5.74, 6) is 0.463. The molecule has 28 heavy (non-hydrogen) atoms. The zero-order valence-electron chi connectivity index (χ0n) is 15.3. The largest absolute Gasteiger partial charge is 0.484 e. The quantitative estimate of drug-likeness (QED) is 0.544. The molecule has 1 amide bonds. The molecule has 1 N–H and O–H groups in total. The fourth-order valence-corrected chi connectivity index (χ4v) is 3.08. The van der Waals surface area contributed by atoms with Crippen LogP contribution in [0.4, 0.5) is 0 Å². The van der Waals surface area contributed by atoms with Crippen molar-refractivity contribution in [3.05, 3.63) is 108 Å². The topological polar surface area (TPSA) is 51.2 Å². The van der Waals surface area contributed by atoms with Gasteiger partial charge in [0.2, 0.25) is 0 Å². The van der Waals surface area contributed by atoms with E-state index in [1.165, 1.54) is 0 Å². The Morgan fingerprint density at radius 1 is 0.821 bits per heavy atom. The molecule has 0 bridgehead atoms. The van der Waals surface area contributed by atoms with Crippen LogP contribution in [0.15, 0.2) is 97.1 Å². The number of amides is 1. The summed E-state index contributed by atoms with van der Waals surface area (Å²) < 4.78 is 5.58. The molecule has 4 heteroatoms. The molecule has 1 unspecified atom stereocenters. The number of carbonyl (C=O) groups excluding carboxylic acids is 1. The number of rotatable bonds is 6. The molecule has 0 aliphatic heterocycles. The minimum atomic E-state index is -0.349. The fraction of sp³-hybridized carbons (Fsp3) is 0.0833. The predicted molar refractivity (Wildman–Crippen MR) is 110 cm³/mol. The van der Waals surface area contributed by atoms with E-state index in [0.29, 0.717) is 5.75 Å². The van der Waals surface area contributed by atoms with Gasteiger partial charge in [0, 0.05) is 5.39 Å². The lowest BCUT2D eigenvalue weighted by atomic mass is 10.0. The molecule has 4 nitrogen and oxygen atoms in total. The minimum absolute atomic E-state index is 0.0546. The van der Waals surface area contributed by atoms with E-state index in [9.17, 15) is 4.79 Å². The van der Waals surface area contributed by atoms with E-state index in [-0.39, 0.29) is 18.6 Å². The average molecular weight is 368 g/mol. The fourth-order valence-electron chi connectivity index (χ4n) is 3.08. The van der Waals surface area contributed by atoms with Crippen molar-refractivity contribution in [2.75, 3.05) is 6.61 Å². The van der Waals surface area contributed by atoms with Gasteiger partial charge in [0.25, 0.3) is 5.91 Å². The van der Waals surface area contributed by atoms with Crippen molar-refractivity contribution in [3.8, 4) is 5.75 Å². The molecule has 0 aliphatic rings. The number of para-hydroxylation sites is 2. The van der Waals surface area contributed by atoms with Crippen molar-refractivity contribution in [1.82, 2.24) is 10.3 Å². The third-order valence-electron chi connectivity index (χ3n) is 4.47. The van der Waals surface area contributed by atoms with Gasteiger partial charge in [-0.1, -0.05) is 72.8 Å². The highest BCUT2D eigenvalue weighted by Gasteiger charge is 2.18. The van der Waals surface area contributed by atoms with E-state index in [0.717, 1.165) is 22.2 Å². The lowest BCUT2D eigenvalue weighted by Gasteiger charge is -2.19. The second-order valence-electron chi connectivity index (χ2n) is 6.44. The third kappa shape index (κ3) is 4.18. The molecule has 0 saturated heterocycles. The van der Waals surface area contributed by atoms with Crippen LogP contribution in [0, 0.1) is 0 Å². The van der Waals surface area contributed by atoms with Crippen LogP contribution in [0.5, 0.6) is 5.75 Å². The Balaban J connectivity index is 1.57. The summed E-state index contributed by atoms with van der Waals surface area (Å²) in [4.78, 5) is 17.3. The number of nitrogens with zero attached hydrogens (tertiary/aromatic N) is 1. The van der Waals surface area contributed by atoms with E-state index >= 15 is 0 Å². The number of hydrogen-bond donors (Lipinski definition) is 1. The van der Waals surface area contributed by atoms with E-state index in [1.807, 2.05) is 97.1 Å². The van der Waals surface area contributed by atoms with Crippen molar-refractivity contribution in [2.45, 2.75) is 6.04 Å². The van der Waals surface area contributed by atoms with Gasteiger partial charge in [0.1, 0.15) is 5.75 Å². The van der Waals surface area contributed by atoms with Crippen LogP contribution in [0.3, 0.4) is 0 Å². The molecule has 0 radical (unpaired) electrons. The first-order chi connectivity index (χ1) is 13.8. The van der Waals surface area contributed by atoms with E-state index in [1.54, 1.807) is 0 Å². The molecule has 0 spiro atoms. The van der Waals surface area contributed by atoms with Crippen molar-refractivity contribution in [3.63, 3.8) is 0 Å². The monoisotopic (exact) mass is 368 g/mol. The van der Waals surface area contributed by atoms with Crippen LogP contribution >= 0.6 is 0 Å². The molecule has 1 aromatic heterocycles. The highest BCUT2D eigenvalue weighted by atomic mass is 16.5. The van der Waals surface area contributed by atoms with Crippen molar-refractivity contribution < 1.29 is 9.53 Å². The van der Waals surface area contributed by atoms with Crippen LogP contribution in [-0.4, -0.2) is 17.5 Å². The standard InChI is InChI=1S/C24H20N2O2/c27-23(17-28-20-12-5-2-6-13-20)26-24(19-10-3-1-4-11-19)22-16-15-18-9-7-8-14-21(18)25-22/h1-16,24H,17H2,(H,26,27). The number of benzene rings is 3. The molecule has 0 fully saturated rings.